The van der Waals surface area contributed by atoms with Crippen molar-refractivity contribution in [3.05, 3.63) is 46.3 Å². The van der Waals surface area contributed by atoms with Crippen molar-refractivity contribution in [2.75, 3.05) is 0 Å². The minimum Gasteiger partial charge on any atom is -0.478 e. The van der Waals surface area contributed by atoms with Gasteiger partial charge >= 0.3 is 5.97 Å². The molecule has 2 rings (SSSR count). The smallest absolute Gasteiger partial charge is 0.339 e. The summed E-state index contributed by atoms with van der Waals surface area (Å²) in [5.74, 6) is -1.01. The minimum absolute atomic E-state index is 0.187. The number of aromatic carboxylic acids is 1. The van der Waals surface area contributed by atoms with Crippen LogP contribution < -0.4 is 0 Å². The van der Waals surface area contributed by atoms with E-state index in [4.69, 9.17) is 0 Å². The second-order valence-corrected chi connectivity index (χ2v) is 4.35. The summed E-state index contributed by atoms with van der Waals surface area (Å²) in [5, 5.41) is 22.6. The molecule has 0 aliphatic heterocycles. The summed E-state index contributed by atoms with van der Waals surface area (Å²) >= 11 is 0. The molecule has 0 atom stereocenters. The molecule has 0 saturated heterocycles. The van der Waals surface area contributed by atoms with E-state index >= 15 is 0 Å². The van der Waals surface area contributed by atoms with Gasteiger partial charge in [0, 0.05) is 0 Å². The highest BCUT2D eigenvalue weighted by Gasteiger charge is 2.20. The number of carboxylic acid groups (broad SMARTS) is 1. The SMILES string of the molecule is Cc1cccc(C#N)c1-n1nc(C)c(C(=O)O)c1C. The van der Waals surface area contributed by atoms with Crippen molar-refractivity contribution in [1.82, 2.24) is 9.78 Å². The highest BCUT2D eigenvalue weighted by Crippen LogP contribution is 2.23. The van der Waals surface area contributed by atoms with Gasteiger partial charge in [0.05, 0.1) is 22.6 Å². The van der Waals surface area contributed by atoms with Crippen molar-refractivity contribution < 1.29 is 9.90 Å². The maximum Gasteiger partial charge on any atom is 0.339 e. The number of hydrogen-bond acceptors (Lipinski definition) is 3. The Morgan fingerprint density at radius 1 is 1.37 bits per heavy atom. The number of benzene rings is 1. The third kappa shape index (κ3) is 1.97. The minimum atomic E-state index is -1.01. The lowest BCUT2D eigenvalue weighted by Gasteiger charge is -2.10. The third-order valence-corrected chi connectivity index (χ3v) is 3.08. The quantitative estimate of drug-likeness (QED) is 0.893. The van der Waals surface area contributed by atoms with Gasteiger partial charge in [-0.25, -0.2) is 9.48 Å². The molecule has 0 unspecified atom stereocenters. The Morgan fingerprint density at radius 2 is 2.05 bits per heavy atom. The van der Waals surface area contributed by atoms with Crippen LogP contribution in [0.3, 0.4) is 0 Å². The Balaban J connectivity index is 2.78. The molecule has 0 fully saturated rings. The van der Waals surface area contributed by atoms with E-state index in [9.17, 15) is 15.2 Å². The van der Waals surface area contributed by atoms with Gasteiger partial charge in [-0.1, -0.05) is 12.1 Å². The predicted molar refractivity (Wildman–Crippen MR) is 69.4 cm³/mol. The number of nitriles is 1. The van der Waals surface area contributed by atoms with Crippen molar-refractivity contribution in [3.63, 3.8) is 0 Å². The molecular formula is C14H13N3O2. The summed E-state index contributed by atoms with van der Waals surface area (Å²) in [6.45, 7) is 5.21. The lowest BCUT2D eigenvalue weighted by atomic mass is 10.1. The molecule has 0 aliphatic carbocycles. The van der Waals surface area contributed by atoms with Gasteiger partial charge in [0.2, 0.25) is 0 Å². The van der Waals surface area contributed by atoms with Crippen LogP contribution >= 0.6 is 0 Å². The number of hydrogen-bond donors (Lipinski definition) is 1. The van der Waals surface area contributed by atoms with E-state index in [-0.39, 0.29) is 5.56 Å². The molecule has 1 N–H and O–H groups in total. The van der Waals surface area contributed by atoms with Crippen molar-refractivity contribution in [2.45, 2.75) is 20.8 Å². The van der Waals surface area contributed by atoms with Gasteiger partial charge in [-0.2, -0.15) is 10.4 Å². The fourth-order valence-electron chi connectivity index (χ4n) is 2.20. The maximum atomic E-state index is 11.2. The largest absolute Gasteiger partial charge is 0.478 e. The van der Waals surface area contributed by atoms with Crippen LogP contribution in [0.15, 0.2) is 18.2 Å². The Hall–Kier alpha value is -2.61. The Morgan fingerprint density at radius 3 is 2.58 bits per heavy atom. The molecule has 5 heteroatoms. The van der Waals surface area contributed by atoms with Gasteiger partial charge in [-0.15, -0.1) is 0 Å². The first-order valence-corrected chi connectivity index (χ1v) is 5.77. The van der Waals surface area contributed by atoms with E-state index in [0.717, 1.165) is 5.56 Å². The summed E-state index contributed by atoms with van der Waals surface area (Å²) < 4.78 is 1.53. The van der Waals surface area contributed by atoms with Crippen LogP contribution in [0.1, 0.15) is 32.9 Å². The van der Waals surface area contributed by atoms with Crippen LogP contribution in [0.2, 0.25) is 0 Å². The maximum absolute atomic E-state index is 11.2. The van der Waals surface area contributed by atoms with Crippen LogP contribution in [-0.2, 0) is 0 Å². The summed E-state index contributed by atoms with van der Waals surface area (Å²) in [6.07, 6.45) is 0. The average molecular weight is 255 g/mol. The Bertz CT molecular complexity index is 708. The molecule has 0 saturated carbocycles. The molecule has 2 aromatic rings. The molecule has 19 heavy (non-hydrogen) atoms. The number of carboxylic acids is 1. The zero-order chi connectivity index (χ0) is 14.2. The molecule has 0 amide bonds. The monoisotopic (exact) mass is 255 g/mol. The van der Waals surface area contributed by atoms with Gasteiger partial charge in [0.1, 0.15) is 11.6 Å². The topological polar surface area (TPSA) is 78.9 Å². The second kappa shape index (κ2) is 4.58. The molecular weight excluding hydrogens is 242 g/mol. The molecule has 1 aromatic heterocycles. The van der Waals surface area contributed by atoms with E-state index in [1.165, 1.54) is 4.68 Å². The molecule has 96 valence electrons. The molecule has 1 aromatic carbocycles. The van der Waals surface area contributed by atoms with Crippen LogP contribution in [0.4, 0.5) is 0 Å². The summed E-state index contributed by atoms with van der Waals surface area (Å²) in [5.41, 5.74) is 3.14. The van der Waals surface area contributed by atoms with Gasteiger partial charge in [0.25, 0.3) is 0 Å². The number of para-hydroxylation sites is 1. The van der Waals surface area contributed by atoms with Crippen molar-refractivity contribution in [1.29, 1.82) is 5.26 Å². The first kappa shape index (κ1) is 12.8. The summed E-state index contributed by atoms with van der Waals surface area (Å²) in [6, 6.07) is 7.47. The second-order valence-electron chi connectivity index (χ2n) is 4.35. The molecule has 5 nitrogen and oxygen atoms in total. The molecule has 0 aliphatic rings. The molecule has 0 bridgehead atoms. The lowest BCUT2D eigenvalue weighted by Crippen LogP contribution is -2.06. The van der Waals surface area contributed by atoms with Crippen LogP contribution in [0.25, 0.3) is 5.69 Å². The van der Waals surface area contributed by atoms with Gasteiger partial charge in [0.15, 0.2) is 0 Å². The highest BCUT2D eigenvalue weighted by molar-refractivity contribution is 5.90. The van der Waals surface area contributed by atoms with Gasteiger partial charge in [-0.05, 0) is 32.4 Å². The summed E-state index contributed by atoms with van der Waals surface area (Å²) in [7, 11) is 0. The normalized spacial score (nSPS) is 10.2. The standard InChI is InChI=1S/C14H13N3O2/c1-8-5-4-6-11(7-15)13(8)17-10(3)12(14(18)19)9(2)16-17/h4-6H,1-3H3,(H,18,19). The molecule has 1 heterocycles. The lowest BCUT2D eigenvalue weighted by molar-refractivity contribution is 0.0695. The van der Waals surface area contributed by atoms with Crippen molar-refractivity contribution in [2.24, 2.45) is 0 Å². The van der Waals surface area contributed by atoms with Crippen molar-refractivity contribution >= 4 is 5.97 Å². The number of aryl methyl sites for hydroxylation is 2. The van der Waals surface area contributed by atoms with E-state index < -0.39 is 5.97 Å². The van der Waals surface area contributed by atoms with E-state index in [1.54, 1.807) is 26.0 Å². The number of nitrogens with zero attached hydrogens (tertiary/aromatic N) is 3. The zero-order valence-corrected chi connectivity index (χ0v) is 10.9. The van der Waals surface area contributed by atoms with E-state index in [2.05, 4.69) is 11.2 Å². The van der Waals surface area contributed by atoms with Crippen molar-refractivity contribution in [3.8, 4) is 11.8 Å². The zero-order valence-electron chi connectivity index (χ0n) is 10.9. The predicted octanol–water partition coefficient (Wildman–Crippen LogP) is 2.37. The van der Waals surface area contributed by atoms with Crippen LogP contribution in [0.5, 0.6) is 0 Å². The summed E-state index contributed by atoms with van der Waals surface area (Å²) in [4.78, 5) is 11.2. The number of carbonyl (C=O) groups is 1. The average Bonchev–Trinajstić information content (AvgIpc) is 2.64. The fraction of sp³-hybridized carbons (Fsp3) is 0.214. The highest BCUT2D eigenvalue weighted by atomic mass is 16.4. The number of rotatable bonds is 2. The van der Waals surface area contributed by atoms with Crippen LogP contribution in [-0.4, -0.2) is 20.9 Å². The Labute approximate surface area is 110 Å². The molecule has 0 radical (unpaired) electrons. The third-order valence-electron chi connectivity index (χ3n) is 3.08. The first-order chi connectivity index (χ1) is 8.97. The fourth-order valence-corrected chi connectivity index (χ4v) is 2.20. The molecule has 0 spiro atoms. The first-order valence-electron chi connectivity index (χ1n) is 5.77. The Kier molecular flexibility index (Phi) is 3.09. The van der Waals surface area contributed by atoms with Gasteiger partial charge < -0.3 is 5.11 Å². The van der Waals surface area contributed by atoms with Crippen LogP contribution in [0, 0.1) is 32.1 Å². The number of aromatic nitrogens is 2. The van der Waals surface area contributed by atoms with E-state index in [1.807, 2.05) is 13.0 Å². The van der Waals surface area contributed by atoms with E-state index in [0.29, 0.717) is 22.6 Å². The van der Waals surface area contributed by atoms with Gasteiger partial charge in [-0.3, -0.25) is 0 Å².